The van der Waals surface area contributed by atoms with Crippen molar-refractivity contribution in [1.29, 1.82) is 0 Å². The van der Waals surface area contributed by atoms with Crippen LogP contribution in [0.25, 0.3) is 0 Å². The number of hydrogen-bond donors (Lipinski definition) is 0. The zero-order valence-electron chi connectivity index (χ0n) is 6.38. The van der Waals surface area contributed by atoms with Crippen molar-refractivity contribution < 1.29 is 14.6 Å². The van der Waals surface area contributed by atoms with Gasteiger partial charge in [0.1, 0.15) is 6.10 Å². The van der Waals surface area contributed by atoms with Gasteiger partial charge in [-0.3, -0.25) is 0 Å². The van der Waals surface area contributed by atoms with Crippen LogP contribution in [0.1, 0.15) is 20.8 Å². The normalized spacial score (nSPS) is 14.5. The molecular weight excluding hydrogens is 132 g/mol. The highest BCUT2D eigenvalue weighted by Crippen LogP contribution is 2.04. The molecule has 57 valence electrons. The number of carbonyl (C=O) groups is 1. The Hall–Kier alpha value is -0.990. The lowest BCUT2D eigenvalue weighted by Crippen LogP contribution is -2.12. The molecule has 0 aliphatic rings. The first-order chi connectivity index (χ1) is 4.57. The lowest BCUT2D eigenvalue weighted by atomic mass is 10.2. The quantitative estimate of drug-likeness (QED) is 0.437. The standard InChI is InChI=1S/C7H11O3/c1-4-5(2)6(3)10-7(8)9/h4,6H,1-3H3. The van der Waals surface area contributed by atoms with Gasteiger partial charge in [0.2, 0.25) is 0 Å². The molecule has 0 spiro atoms. The lowest BCUT2D eigenvalue weighted by molar-refractivity contribution is 0.0496. The van der Waals surface area contributed by atoms with Crippen molar-refractivity contribution in [2.24, 2.45) is 0 Å². The van der Waals surface area contributed by atoms with Gasteiger partial charge in [-0.2, -0.15) is 9.90 Å². The molecule has 0 rings (SSSR count). The first kappa shape index (κ1) is 9.01. The summed E-state index contributed by atoms with van der Waals surface area (Å²) in [7, 11) is 0. The Morgan fingerprint density at radius 2 is 2.10 bits per heavy atom. The Morgan fingerprint density at radius 1 is 1.60 bits per heavy atom. The number of carbonyl (C=O) groups excluding carboxylic acids is 1. The molecular formula is C7H11O3. The third-order valence-electron chi connectivity index (χ3n) is 1.37. The summed E-state index contributed by atoms with van der Waals surface area (Å²) in [5, 5.41) is 9.87. The van der Waals surface area contributed by atoms with Crippen molar-refractivity contribution in [1.82, 2.24) is 0 Å². The fourth-order valence-electron chi connectivity index (χ4n) is 0.472. The predicted molar refractivity (Wildman–Crippen MR) is 36.1 cm³/mol. The summed E-state index contributed by atoms with van der Waals surface area (Å²) in [5.41, 5.74) is 0.879. The molecule has 0 aliphatic heterocycles. The van der Waals surface area contributed by atoms with Gasteiger partial charge in [-0.25, -0.2) is 0 Å². The average Bonchev–Trinajstić information content (AvgIpc) is 1.85. The van der Waals surface area contributed by atoms with Crippen LogP contribution in [0.4, 0.5) is 4.79 Å². The fraction of sp³-hybridized carbons (Fsp3) is 0.571. The molecule has 0 saturated carbocycles. The van der Waals surface area contributed by atoms with Gasteiger partial charge in [0.15, 0.2) is 0 Å². The number of hydrogen-bond acceptors (Lipinski definition) is 2. The minimum atomic E-state index is -1.48. The summed E-state index contributed by atoms with van der Waals surface area (Å²) < 4.78 is 4.34. The van der Waals surface area contributed by atoms with Crippen molar-refractivity contribution in [3.8, 4) is 0 Å². The molecule has 1 atom stereocenters. The van der Waals surface area contributed by atoms with Gasteiger partial charge >= 0.3 is 6.16 Å². The number of ether oxygens (including phenoxy) is 1. The van der Waals surface area contributed by atoms with E-state index >= 15 is 0 Å². The third kappa shape index (κ3) is 3.12. The van der Waals surface area contributed by atoms with Gasteiger partial charge in [0.25, 0.3) is 0 Å². The van der Waals surface area contributed by atoms with Crippen molar-refractivity contribution in [3.05, 3.63) is 11.6 Å². The van der Waals surface area contributed by atoms with Gasteiger partial charge < -0.3 is 4.74 Å². The number of rotatable bonds is 2. The van der Waals surface area contributed by atoms with E-state index in [0.717, 1.165) is 5.57 Å². The summed E-state index contributed by atoms with van der Waals surface area (Å²) in [5.74, 6) is 0. The monoisotopic (exact) mass is 143 g/mol. The summed E-state index contributed by atoms with van der Waals surface area (Å²) in [6, 6.07) is 0. The molecule has 0 fully saturated rings. The van der Waals surface area contributed by atoms with E-state index in [4.69, 9.17) is 0 Å². The fourth-order valence-corrected chi connectivity index (χ4v) is 0.472. The average molecular weight is 143 g/mol. The molecule has 0 bridgehead atoms. The molecule has 0 aliphatic carbocycles. The van der Waals surface area contributed by atoms with E-state index in [0.29, 0.717) is 0 Å². The largest absolute Gasteiger partial charge is 0.550 e. The Balaban J connectivity index is 3.85. The summed E-state index contributed by atoms with van der Waals surface area (Å²) >= 11 is 0. The highest BCUT2D eigenvalue weighted by Gasteiger charge is 2.08. The van der Waals surface area contributed by atoms with Gasteiger partial charge in [0.05, 0.1) is 0 Å². The Labute approximate surface area is 60.3 Å². The van der Waals surface area contributed by atoms with Crippen molar-refractivity contribution in [2.45, 2.75) is 26.9 Å². The van der Waals surface area contributed by atoms with Crippen LogP contribution < -0.4 is 0 Å². The Morgan fingerprint density at radius 3 is 2.40 bits per heavy atom. The maximum atomic E-state index is 9.87. The maximum absolute atomic E-state index is 9.87. The van der Waals surface area contributed by atoms with E-state index in [1.165, 1.54) is 0 Å². The summed E-state index contributed by atoms with van der Waals surface area (Å²) in [4.78, 5) is 9.87. The molecule has 0 aromatic heterocycles. The first-order valence-corrected chi connectivity index (χ1v) is 3.08. The zero-order valence-corrected chi connectivity index (χ0v) is 6.38. The summed E-state index contributed by atoms with van der Waals surface area (Å²) in [6.07, 6.45) is -0.0724. The second-order valence-electron chi connectivity index (χ2n) is 2.04. The predicted octanol–water partition coefficient (Wildman–Crippen LogP) is 1.91. The van der Waals surface area contributed by atoms with Crippen LogP contribution in [0, 0.1) is 0 Å². The van der Waals surface area contributed by atoms with Crippen molar-refractivity contribution in [2.75, 3.05) is 0 Å². The molecule has 10 heavy (non-hydrogen) atoms. The van der Waals surface area contributed by atoms with Crippen LogP contribution in [-0.4, -0.2) is 12.3 Å². The van der Waals surface area contributed by atoms with Crippen LogP contribution in [-0.2, 0) is 9.84 Å². The molecule has 0 saturated heterocycles. The second-order valence-corrected chi connectivity index (χ2v) is 2.04. The van der Waals surface area contributed by atoms with Gasteiger partial charge in [-0.15, -0.1) is 0 Å². The molecule has 1 unspecified atom stereocenters. The maximum Gasteiger partial charge on any atom is 0.550 e. The van der Waals surface area contributed by atoms with Crippen LogP contribution in [0.2, 0.25) is 0 Å². The number of allylic oxidation sites excluding steroid dienone is 1. The molecule has 0 N–H and O–H groups in total. The van der Waals surface area contributed by atoms with Crippen LogP contribution in [0.3, 0.4) is 0 Å². The smallest absolute Gasteiger partial charge is 0.424 e. The van der Waals surface area contributed by atoms with E-state index in [1.54, 1.807) is 19.9 Å². The highest BCUT2D eigenvalue weighted by atomic mass is 16.7. The van der Waals surface area contributed by atoms with Crippen molar-refractivity contribution in [3.63, 3.8) is 0 Å². The molecule has 3 nitrogen and oxygen atoms in total. The van der Waals surface area contributed by atoms with Gasteiger partial charge in [0, 0.05) is 0 Å². The minimum Gasteiger partial charge on any atom is -0.424 e. The van der Waals surface area contributed by atoms with Gasteiger partial charge in [-0.05, 0) is 26.3 Å². The molecule has 3 heteroatoms. The second kappa shape index (κ2) is 3.93. The molecule has 0 amide bonds. The third-order valence-corrected chi connectivity index (χ3v) is 1.37. The first-order valence-electron chi connectivity index (χ1n) is 3.08. The SMILES string of the molecule is CC=C(C)C(C)OC([O])=O. The van der Waals surface area contributed by atoms with Crippen LogP contribution >= 0.6 is 0 Å². The van der Waals surface area contributed by atoms with E-state index in [-0.39, 0.29) is 0 Å². The minimum absolute atomic E-state index is 0.394. The topological polar surface area (TPSA) is 46.2 Å². The Kier molecular flexibility index (Phi) is 3.54. The van der Waals surface area contributed by atoms with E-state index < -0.39 is 12.3 Å². The van der Waals surface area contributed by atoms with E-state index in [1.807, 2.05) is 6.92 Å². The Bertz CT molecular complexity index is 149. The van der Waals surface area contributed by atoms with E-state index in [2.05, 4.69) is 4.74 Å². The molecule has 0 aromatic carbocycles. The molecule has 0 aromatic rings. The van der Waals surface area contributed by atoms with E-state index in [9.17, 15) is 9.90 Å². The van der Waals surface area contributed by atoms with Crippen LogP contribution in [0.5, 0.6) is 0 Å². The van der Waals surface area contributed by atoms with Crippen LogP contribution in [0.15, 0.2) is 11.6 Å². The zero-order chi connectivity index (χ0) is 8.15. The molecule has 0 heterocycles. The summed E-state index contributed by atoms with van der Waals surface area (Å²) in [6.45, 7) is 5.28. The van der Waals surface area contributed by atoms with Gasteiger partial charge in [-0.1, -0.05) is 6.08 Å². The highest BCUT2D eigenvalue weighted by molar-refractivity contribution is 5.56. The lowest BCUT2D eigenvalue weighted by Gasteiger charge is -2.08. The molecule has 1 radical (unpaired) electrons. The van der Waals surface area contributed by atoms with Crippen molar-refractivity contribution >= 4 is 6.16 Å².